The van der Waals surface area contributed by atoms with Crippen molar-refractivity contribution in [1.82, 2.24) is 4.72 Å². The van der Waals surface area contributed by atoms with Gasteiger partial charge in [-0.2, -0.15) is 0 Å². The molecule has 26 heavy (non-hydrogen) atoms. The van der Waals surface area contributed by atoms with Gasteiger partial charge in [0.2, 0.25) is 15.9 Å². The standard InChI is InChI=1S/C19H24N2O4S/c1-14(2)21-26(23,24)16-11-8-15(9-12-16)10-13-19(22)20-17-6-4-5-7-18(17)25-3/h4-9,11-12,14,21H,10,13H2,1-3H3,(H,20,22). The van der Waals surface area contributed by atoms with Gasteiger partial charge in [-0.15, -0.1) is 0 Å². The molecule has 2 aromatic rings. The molecule has 0 atom stereocenters. The summed E-state index contributed by atoms with van der Waals surface area (Å²) in [6.45, 7) is 3.54. The summed E-state index contributed by atoms with van der Waals surface area (Å²) in [7, 11) is -1.95. The fraction of sp³-hybridized carbons (Fsp3) is 0.316. The minimum Gasteiger partial charge on any atom is -0.495 e. The Balaban J connectivity index is 1.94. The van der Waals surface area contributed by atoms with Gasteiger partial charge in [0.25, 0.3) is 0 Å². The second kappa shape index (κ2) is 8.82. The third-order valence-corrected chi connectivity index (χ3v) is 5.32. The Kier molecular flexibility index (Phi) is 6.76. The van der Waals surface area contributed by atoms with Crippen LogP contribution < -0.4 is 14.8 Å². The lowest BCUT2D eigenvalue weighted by Gasteiger charge is -2.11. The molecule has 0 aliphatic heterocycles. The summed E-state index contributed by atoms with van der Waals surface area (Å²) in [4.78, 5) is 12.3. The molecule has 0 aliphatic carbocycles. The van der Waals surface area contributed by atoms with E-state index >= 15 is 0 Å². The van der Waals surface area contributed by atoms with E-state index in [0.29, 0.717) is 17.9 Å². The number of sulfonamides is 1. The van der Waals surface area contributed by atoms with Gasteiger partial charge >= 0.3 is 0 Å². The van der Waals surface area contributed by atoms with Crippen molar-refractivity contribution in [2.45, 2.75) is 37.6 Å². The largest absolute Gasteiger partial charge is 0.495 e. The van der Waals surface area contributed by atoms with Gasteiger partial charge in [0.15, 0.2) is 0 Å². The van der Waals surface area contributed by atoms with Crippen LogP contribution in [0, 0.1) is 0 Å². The Morgan fingerprint density at radius 1 is 1.08 bits per heavy atom. The van der Waals surface area contributed by atoms with Gasteiger partial charge in [-0.25, -0.2) is 13.1 Å². The van der Waals surface area contributed by atoms with Crippen LogP contribution in [0.4, 0.5) is 5.69 Å². The Bertz CT molecular complexity index is 846. The summed E-state index contributed by atoms with van der Waals surface area (Å²) in [5, 5.41) is 2.82. The first-order chi connectivity index (χ1) is 12.3. The summed E-state index contributed by atoms with van der Waals surface area (Å²) >= 11 is 0. The van der Waals surface area contributed by atoms with Crippen LogP contribution in [0.3, 0.4) is 0 Å². The van der Waals surface area contributed by atoms with Crippen molar-refractivity contribution < 1.29 is 17.9 Å². The van der Waals surface area contributed by atoms with Crippen LogP contribution in [0.1, 0.15) is 25.8 Å². The van der Waals surface area contributed by atoms with Gasteiger partial charge in [0.1, 0.15) is 5.75 Å². The maximum absolute atomic E-state index is 12.1. The topological polar surface area (TPSA) is 84.5 Å². The summed E-state index contributed by atoms with van der Waals surface area (Å²) in [5.74, 6) is 0.473. The molecule has 0 unspecified atom stereocenters. The second-order valence-electron chi connectivity index (χ2n) is 6.17. The zero-order chi connectivity index (χ0) is 19.2. The quantitative estimate of drug-likeness (QED) is 0.742. The summed E-state index contributed by atoms with van der Waals surface area (Å²) in [5.41, 5.74) is 1.52. The van der Waals surface area contributed by atoms with Crippen molar-refractivity contribution in [3.05, 3.63) is 54.1 Å². The highest BCUT2D eigenvalue weighted by atomic mass is 32.2. The maximum atomic E-state index is 12.1. The highest BCUT2D eigenvalue weighted by Crippen LogP contribution is 2.23. The number of aryl methyl sites for hydroxylation is 1. The molecule has 0 saturated heterocycles. The van der Waals surface area contributed by atoms with E-state index in [2.05, 4.69) is 10.0 Å². The smallest absolute Gasteiger partial charge is 0.240 e. The number of methoxy groups -OCH3 is 1. The van der Waals surface area contributed by atoms with Gasteiger partial charge in [0, 0.05) is 12.5 Å². The van der Waals surface area contributed by atoms with Gasteiger partial charge in [-0.05, 0) is 50.1 Å². The minimum absolute atomic E-state index is 0.132. The van der Waals surface area contributed by atoms with E-state index in [1.807, 2.05) is 12.1 Å². The van der Waals surface area contributed by atoms with E-state index in [-0.39, 0.29) is 23.3 Å². The first-order valence-electron chi connectivity index (χ1n) is 8.36. The van der Waals surface area contributed by atoms with E-state index in [0.717, 1.165) is 5.56 Å². The number of carbonyl (C=O) groups excluding carboxylic acids is 1. The number of para-hydroxylation sites is 2. The molecular weight excluding hydrogens is 352 g/mol. The van der Waals surface area contributed by atoms with Crippen LogP contribution in [0.25, 0.3) is 0 Å². The molecule has 0 radical (unpaired) electrons. The number of carbonyl (C=O) groups is 1. The van der Waals surface area contributed by atoms with Crippen LogP contribution in [-0.4, -0.2) is 27.5 Å². The lowest BCUT2D eigenvalue weighted by Crippen LogP contribution is -2.30. The van der Waals surface area contributed by atoms with E-state index in [4.69, 9.17) is 4.74 Å². The van der Waals surface area contributed by atoms with E-state index in [9.17, 15) is 13.2 Å². The second-order valence-corrected chi connectivity index (χ2v) is 7.88. The van der Waals surface area contributed by atoms with Gasteiger partial charge < -0.3 is 10.1 Å². The maximum Gasteiger partial charge on any atom is 0.240 e. The normalized spacial score (nSPS) is 11.4. The van der Waals surface area contributed by atoms with Crippen LogP contribution in [0.5, 0.6) is 5.75 Å². The summed E-state index contributed by atoms with van der Waals surface area (Å²) in [6, 6.07) is 13.6. The minimum atomic E-state index is -3.50. The van der Waals surface area contributed by atoms with Crippen molar-refractivity contribution in [1.29, 1.82) is 0 Å². The molecule has 1 amide bonds. The Labute approximate surface area is 154 Å². The first-order valence-corrected chi connectivity index (χ1v) is 9.84. The van der Waals surface area contributed by atoms with Crippen LogP contribution >= 0.6 is 0 Å². The summed E-state index contributed by atoms with van der Waals surface area (Å²) < 4.78 is 31.9. The van der Waals surface area contributed by atoms with E-state index in [1.54, 1.807) is 57.4 Å². The Hall–Kier alpha value is -2.38. The Morgan fingerprint density at radius 2 is 1.73 bits per heavy atom. The van der Waals surface area contributed by atoms with E-state index in [1.165, 1.54) is 0 Å². The molecule has 0 heterocycles. The number of nitrogens with one attached hydrogen (secondary N) is 2. The number of amides is 1. The third kappa shape index (κ3) is 5.57. The highest BCUT2D eigenvalue weighted by molar-refractivity contribution is 7.89. The van der Waals surface area contributed by atoms with Crippen molar-refractivity contribution in [3.63, 3.8) is 0 Å². The fourth-order valence-electron chi connectivity index (χ4n) is 2.43. The average Bonchev–Trinajstić information content (AvgIpc) is 2.60. The molecule has 0 saturated carbocycles. The molecule has 0 fully saturated rings. The molecule has 140 valence electrons. The van der Waals surface area contributed by atoms with Crippen LogP contribution in [0.2, 0.25) is 0 Å². The van der Waals surface area contributed by atoms with Crippen molar-refractivity contribution >= 4 is 21.6 Å². The van der Waals surface area contributed by atoms with Crippen LogP contribution in [0.15, 0.2) is 53.4 Å². The molecule has 2 N–H and O–H groups in total. The molecule has 0 aromatic heterocycles. The van der Waals surface area contributed by atoms with Crippen molar-refractivity contribution in [3.8, 4) is 5.75 Å². The third-order valence-electron chi connectivity index (χ3n) is 3.65. The number of benzene rings is 2. The molecule has 2 aromatic carbocycles. The number of rotatable bonds is 8. The molecule has 2 rings (SSSR count). The zero-order valence-corrected chi connectivity index (χ0v) is 16.0. The van der Waals surface area contributed by atoms with Gasteiger partial charge in [-0.3, -0.25) is 4.79 Å². The molecule has 6 nitrogen and oxygen atoms in total. The number of ether oxygens (including phenoxy) is 1. The first kappa shape index (κ1) is 19.9. The van der Waals surface area contributed by atoms with Crippen LogP contribution in [-0.2, 0) is 21.2 Å². The summed E-state index contributed by atoms with van der Waals surface area (Å²) in [6.07, 6.45) is 0.799. The Morgan fingerprint density at radius 3 is 2.35 bits per heavy atom. The lowest BCUT2D eigenvalue weighted by molar-refractivity contribution is -0.116. The lowest BCUT2D eigenvalue weighted by atomic mass is 10.1. The van der Waals surface area contributed by atoms with Gasteiger partial charge in [0.05, 0.1) is 17.7 Å². The monoisotopic (exact) mass is 376 g/mol. The average molecular weight is 376 g/mol. The van der Waals surface area contributed by atoms with Crippen molar-refractivity contribution in [2.24, 2.45) is 0 Å². The number of anilines is 1. The molecule has 0 spiro atoms. The van der Waals surface area contributed by atoms with Crippen molar-refractivity contribution in [2.75, 3.05) is 12.4 Å². The van der Waals surface area contributed by atoms with E-state index < -0.39 is 10.0 Å². The van der Waals surface area contributed by atoms with Gasteiger partial charge in [-0.1, -0.05) is 24.3 Å². The predicted octanol–water partition coefficient (Wildman–Crippen LogP) is 2.95. The highest BCUT2D eigenvalue weighted by Gasteiger charge is 2.15. The SMILES string of the molecule is COc1ccccc1NC(=O)CCc1ccc(S(=O)(=O)NC(C)C)cc1. The number of hydrogen-bond acceptors (Lipinski definition) is 4. The zero-order valence-electron chi connectivity index (χ0n) is 15.2. The molecule has 0 bridgehead atoms. The fourth-order valence-corrected chi connectivity index (χ4v) is 3.68. The molecule has 0 aliphatic rings. The molecule has 7 heteroatoms. The molecular formula is C19H24N2O4S. The predicted molar refractivity (Wildman–Crippen MR) is 102 cm³/mol. The number of hydrogen-bond donors (Lipinski definition) is 2.